The zero-order valence-electron chi connectivity index (χ0n) is 14.9. The highest BCUT2D eigenvalue weighted by molar-refractivity contribution is 6.08. The number of hydrogen-bond donors (Lipinski definition) is 1. The smallest absolute Gasteiger partial charge is 0.331 e. The molecule has 7 heteroatoms. The number of ketones is 1. The zero-order chi connectivity index (χ0) is 19.6. The summed E-state index contributed by atoms with van der Waals surface area (Å²) in [5, 5.41) is 2.63. The van der Waals surface area contributed by atoms with Gasteiger partial charge in [0, 0.05) is 5.56 Å². The van der Waals surface area contributed by atoms with E-state index in [4.69, 9.17) is 4.74 Å². The van der Waals surface area contributed by atoms with Crippen LogP contribution in [-0.4, -0.2) is 35.1 Å². The summed E-state index contributed by atoms with van der Waals surface area (Å²) >= 11 is 0. The molecular weight excluding hydrogens is 348 g/mol. The molecule has 3 amide bonds. The number of carbonyl (C=O) groups is 4. The molecule has 1 saturated heterocycles. The lowest BCUT2D eigenvalue weighted by Crippen LogP contribution is -2.41. The van der Waals surface area contributed by atoms with E-state index in [9.17, 15) is 19.2 Å². The summed E-state index contributed by atoms with van der Waals surface area (Å²) in [7, 11) is 0. The van der Waals surface area contributed by atoms with Crippen molar-refractivity contribution >= 4 is 23.7 Å². The van der Waals surface area contributed by atoms with E-state index < -0.39 is 30.0 Å². The fourth-order valence-electron chi connectivity index (χ4n) is 2.86. The number of rotatable bonds is 5. The molecule has 0 bridgehead atoms. The molecule has 2 aromatic rings. The molecule has 3 rings (SSSR count). The summed E-state index contributed by atoms with van der Waals surface area (Å²) in [6.45, 7) is 2.51. The van der Waals surface area contributed by atoms with Crippen molar-refractivity contribution in [3.8, 4) is 5.75 Å². The maximum atomic E-state index is 12.7. The second-order valence-corrected chi connectivity index (χ2v) is 6.37. The first-order valence-electron chi connectivity index (χ1n) is 8.32. The van der Waals surface area contributed by atoms with Gasteiger partial charge in [0.1, 0.15) is 17.8 Å². The van der Waals surface area contributed by atoms with Gasteiger partial charge in [-0.15, -0.1) is 0 Å². The van der Waals surface area contributed by atoms with Crippen LogP contribution in [0.25, 0.3) is 0 Å². The van der Waals surface area contributed by atoms with E-state index >= 15 is 0 Å². The van der Waals surface area contributed by atoms with Crippen LogP contribution in [0.3, 0.4) is 0 Å². The summed E-state index contributed by atoms with van der Waals surface area (Å²) in [5.74, 6) is -1.16. The fourth-order valence-corrected chi connectivity index (χ4v) is 2.86. The summed E-state index contributed by atoms with van der Waals surface area (Å²) < 4.78 is 5.16. The normalized spacial score (nSPS) is 19.0. The van der Waals surface area contributed by atoms with E-state index in [1.165, 1.54) is 31.2 Å². The lowest BCUT2D eigenvalue weighted by atomic mass is 9.92. The molecule has 2 aromatic carbocycles. The molecule has 1 atom stereocenters. The van der Waals surface area contributed by atoms with E-state index in [1.54, 1.807) is 37.3 Å². The summed E-state index contributed by atoms with van der Waals surface area (Å²) in [6, 6.07) is 14.2. The Hall–Kier alpha value is -3.48. The molecule has 0 radical (unpaired) electrons. The highest BCUT2D eigenvalue weighted by Crippen LogP contribution is 2.28. The Morgan fingerprint density at radius 2 is 1.67 bits per heavy atom. The first kappa shape index (κ1) is 18.3. The van der Waals surface area contributed by atoms with Crippen molar-refractivity contribution < 1.29 is 23.9 Å². The second-order valence-electron chi connectivity index (χ2n) is 6.37. The average Bonchev–Trinajstić information content (AvgIpc) is 2.87. The van der Waals surface area contributed by atoms with Crippen LogP contribution in [0.4, 0.5) is 4.79 Å². The Labute approximate surface area is 155 Å². The molecule has 27 heavy (non-hydrogen) atoms. The van der Waals surface area contributed by atoms with E-state index in [1.807, 2.05) is 0 Å². The van der Waals surface area contributed by atoms with Gasteiger partial charge in [-0.2, -0.15) is 0 Å². The zero-order valence-corrected chi connectivity index (χ0v) is 14.9. The molecule has 0 unspecified atom stereocenters. The molecule has 1 aliphatic rings. The van der Waals surface area contributed by atoms with Gasteiger partial charge in [0.25, 0.3) is 5.91 Å². The highest BCUT2D eigenvalue weighted by Gasteiger charge is 2.49. The van der Waals surface area contributed by atoms with Crippen molar-refractivity contribution in [3.63, 3.8) is 0 Å². The van der Waals surface area contributed by atoms with Gasteiger partial charge in [-0.1, -0.05) is 30.3 Å². The number of imide groups is 1. The number of urea groups is 1. The predicted molar refractivity (Wildman–Crippen MR) is 96.1 cm³/mol. The number of ether oxygens (including phenoxy) is 1. The fraction of sp³-hybridized carbons (Fsp3) is 0.200. The van der Waals surface area contributed by atoms with Gasteiger partial charge in [0.15, 0.2) is 5.78 Å². The predicted octanol–water partition coefficient (Wildman–Crippen LogP) is 2.26. The molecule has 1 heterocycles. The minimum absolute atomic E-state index is 0.104. The molecule has 0 aliphatic carbocycles. The van der Waals surface area contributed by atoms with E-state index in [0.29, 0.717) is 11.1 Å². The SMILES string of the molecule is CC(=O)c1ccc(OC(=O)CN2C(=O)N[C@](C)(c3ccccc3)C2=O)cc1. The molecular formula is C20H18N2O5. The lowest BCUT2D eigenvalue weighted by molar-refractivity contribution is -0.140. The van der Waals surface area contributed by atoms with Gasteiger partial charge >= 0.3 is 12.0 Å². The van der Waals surface area contributed by atoms with Gasteiger partial charge < -0.3 is 10.1 Å². The molecule has 1 aliphatic heterocycles. The molecule has 1 fully saturated rings. The maximum absolute atomic E-state index is 12.7. The van der Waals surface area contributed by atoms with Crippen LogP contribution in [0.1, 0.15) is 29.8 Å². The number of carbonyl (C=O) groups excluding carboxylic acids is 4. The third-order valence-corrected chi connectivity index (χ3v) is 4.41. The van der Waals surface area contributed by atoms with E-state index in [-0.39, 0.29) is 11.5 Å². The summed E-state index contributed by atoms with van der Waals surface area (Å²) in [4.78, 5) is 49.2. The number of nitrogens with zero attached hydrogens (tertiary/aromatic N) is 1. The van der Waals surface area contributed by atoms with Crippen LogP contribution in [0, 0.1) is 0 Å². The highest BCUT2D eigenvalue weighted by atomic mass is 16.5. The van der Waals surface area contributed by atoms with Gasteiger partial charge in [-0.25, -0.2) is 9.59 Å². The Kier molecular flexibility index (Phi) is 4.77. The second kappa shape index (κ2) is 7.03. The molecule has 7 nitrogen and oxygen atoms in total. The van der Waals surface area contributed by atoms with Crippen molar-refractivity contribution in [2.24, 2.45) is 0 Å². The van der Waals surface area contributed by atoms with Gasteiger partial charge in [0.2, 0.25) is 0 Å². The summed E-state index contributed by atoms with van der Waals surface area (Å²) in [5.41, 5.74) is -0.122. The minimum atomic E-state index is -1.23. The van der Waals surface area contributed by atoms with Crippen LogP contribution in [0.15, 0.2) is 54.6 Å². The van der Waals surface area contributed by atoms with Crippen LogP contribution in [0.2, 0.25) is 0 Å². The van der Waals surface area contributed by atoms with Gasteiger partial charge in [0.05, 0.1) is 0 Å². The number of benzene rings is 2. The minimum Gasteiger partial charge on any atom is -0.425 e. The quantitative estimate of drug-likeness (QED) is 0.379. The Morgan fingerprint density at radius 1 is 1.04 bits per heavy atom. The number of hydrogen-bond acceptors (Lipinski definition) is 5. The first-order valence-corrected chi connectivity index (χ1v) is 8.32. The van der Waals surface area contributed by atoms with Crippen LogP contribution >= 0.6 is 0 Å². The van der Waals surface area contributed by atoms with Crippen LogP contribution in [0.5, 0.6) is 5.75 Å². The van der Waals surface area contributed by atoms with Crippen molar-refractivity contribution in [1.82, 2.24) is 10.2 Å². The molecule has 0 spiro atoms. The van der Waals surface area contributed by atoms with Gasteiger partial charge in [-0.3, -0.25) is 14.5 Å². The molecule has 0 saturated carbocycles. The number of Topliss-reactive ketones (excluding diaryl/α,β-unsaturated/α-hetero) is 1. The standard InChI is InChI=1S/C20H18N2O5/c1-13(23)14-8-10-16(11-9-14)27-17(24)12-22-18(25)20(2,21-19(22)26)15-6-4-3-5-7-15/h3-11H,12H2,1-2H3,(H,21,26)/t20-/m1/s1. The number of nitrogens with one attached hydrogen (secondary N) is 1. The summed E-state index contributed by atoms with van der Waals surface area (Å²) in [6.07, 6.45) is 0. The number of amides is 3. The Balaban J connectivity index is 1.70. The Morgan fingerprint density at radius 3 is 2.26 bits per heavy atom. The third kappa shape index (κ3) is 3.57. The molecule has 0 aromatic heterocycles. The molecule has 1 N–H and O–H groups in total. The number of esters is 1. The van der Waals surface area contributed by atoms with Crippen LogP contribution in [-0.2, 0) is 15.1 Å². The van der Waals surface area contributed by atoms with Crippen molar-refractivity contribution in [3.05, 3.63) is 65.7 Å². The van der Waals surface area contributed by atoms with Crippen LogP contribution < -0.4 is 10.1 Å². The van der Waals surface area contributed by atoms with Crippen molar-refractivity contribution in [2.75, 3.05) is 6.54 Å². The van der Waals surface area contributed by atoms with E-state index in [2.05, 4.69) is 5.32 Å². The molecule has 138 valence electrons. The topological polar surface area (TPSA) is 92.8 Å². The monoisotopic (exact) mass is 366 g/mol. The van der Waals surface area contributed by atoms with Crippen molar-refractivity contribution in [1.29, 1.82) is 0 Å². The van der Waals surface area contributed by atoms with Crippen molar-refractivity contribution in [2.45, 2.75) is 19.4 Å². The largest absolute Gasteiger partial charge is 0.425 e. The van der Waals surface area contributed by atoms with E-state index in [0.717, 1.165) is 4.90 Å². The lowest BCUT2D eigenvalue weighted by Gasteiger charge is -2.21. The third-order valence-electron chi connectivity index (χ3n) is 4.41. The maximum Gasteiger partial charge on any atom is 0.331 e. The first-order chi connectivity index (χ1) is 12.8. The van der Waals surface area contributed by atoms with Gasteiger partial charge in [-0.05, 0) is 43.7 Å². The average molecular weight is 366 g/mol. The Bertz CT molecular complexity index is 908.